The van der Waals surface area contributed by atoms with Crippen molar-refractivity contribution in [2.24, 2.45) is 0 Å². The van der Waals surface area contributed by atoms with Crippen molar-refractivity contribution in [3.63, 3.8) is 0 Å². The smallest absolute Gasteiger partial charge is 0.152 e. The van der Waals surface area contributed by atoms with Crippen molar-refractivity contribution in [1.29, 1.82) is 0 Å². The summed E-state index contributed by atoms with van der Waals surface area (Å²) in [5.74, 6) is 1.74. The number of hydrogen-bond donors (Lipinski definition) is 0. The van der Waals surface area contributed by atoms with Gasteiger partial charge in [-0.1, -0.05) is 140 Å². The molecule has 0 bridgehead atoms. The molecule has 3 nitrogen and oxygen atoms in total. The Morgan fingerprint density at radius 3 is 1.94 bits per heavy atom. The third-order valence-corrected chi connectivity index (χ3v) is 10.7. The normalized spacial score (nSPS) is 11.9. The van der Waals surface area contributed by atoms with E-state index < -0.39 is 0 Å². The molecule has 0 saturated heterocycles. The average Bonchev–Trinajstić information content (AvgIpc) is 3.57. The summed E-state index contributed by atoms with van der Waals surface area (Å²) in [5, 5.41) is 7.30. The van der Waals surface area contributed by atoms with Gasteiger partial charge in [0.15, 0.2) is 11.5 Å². The summed E-state index contributed by atoms with van der Waals surface area (Å²) in [6.45, 7) is 0. The fourth-order valence-electron chi connectivity index (χ4n) is 8.30. The SMILES string of the molecule is c1cc(-c2cccc3c4cccc5c4n(c23)-c2ccccc2O5)cc(N(c2ccc(-c3ccc4ccccc4c3)cc2)c2cccc3ccccc23)c1. The van der Waals surface area contributed by atoms with E-state index in [4.69, 9.17) is 4.74 Å². The van der Waals surface area contributed by atoms with Gasteiger partial charge in [-0.15, -0.1) is 0 Å². The third kappa shape index (κ3) is 4.68. The molecule has 53 heavy (non-hydrogen) atoms. The first-order chi connectivity index (χ1) is 26.3. The molecule has 0 spiro atoms. The molecule has 0 radical (unpaired) electrons. The number of rotatable bonds is 5. The molecular formula is C50H32N2O. The average molecular weight is 677 g/mol. The lowest BCUT2D eigenvalue weighted by atomic mass is 9.99. The zero-order valence-electron chi connectivity index (χ0n) is 28.8. The second-order valence-corrected chi connectivity index (χ2v) is 13.8. The molecule has 1 aliphatic heterocycles. The molecule has 0 N–H and O–H groups in total. The second kappa shape index (κ2) is 11.7. The molecule has 0 amide bonds. The van der Waals surface area contributed by atoms with Gasteiger partial charge in [0.2, 0.25) is 0 Å². The van der Waals surface area contributed by atoms with Crippen molar-refractivity contribution in [1.82, 2.24) is 4.57 Å². The number of hydrogen-bond acceptors (Lipinski definition) is 2. The van der Waals surface area contributed by atoms with E-state index in [-0.39, 0.29) is 0 Å². The van der Waals surface area contributed by atoms with Crippen LogP contribution >= 0.6 is 0 Å². The van der Waals surface area contributed by atoms with E-state index in [9.17, 15) is 0 Å². The lowest BCUT2D eigenvalue weighted by Crippen LogP contribution is -2.10. The Morgan fingerprint density at radius 1 is 0.377 bits per heavy atom. The summed E-state index contributed by atoms with van der Waals surface area (Å²) in [5.41, 5.74) is 11.4. The van der Waals surface area contributed by atoms with Gasteiger partial charge >= 0.3 is 0 Å². The van der Waals surface area contributed by atoms with E-state index >= 15 is 0 Å². The van der Waals surface area contributed by atoms with Gasteiger partial charge in [0.05, 0.1) is 22.4 Å². The molecule has 9 aromatic carbocycles. The number of nitrogens with zero attached hydrogens (tertiary/aromatic N) is 2. The summed E-state index contributed by atoms with van der Waals surface area (Å²) in [7, 11) is 0. The van der Waals surface area contributed by atoms with E-state index in [0.717, 1.165) is 45.3 Å². The highest BCUT2D eigenvalue weighted by Crippen LogP contribution is 2.48. The first-order valence-corrected chi connectivity index (χ1v) is 18.1. The van der Waals surface area contributed by atoms with Crippen molar-refractivity contribution in [2.75, 3.05) is 4.90 Å². The second-order valence-electron chi connectivity index (χ2n) is 13.8. The van der Waals surface area contributed by atoms with Crippen LogP contribution in [0.4, 0.5) is 17.1 Å². The van der Waals surface area contributed by atoms with Gasteiger partial charge in [-0.3, -0.25) is 0 Å². The van der Waals surface area contributed by atoms with E-state index in [0.29, 0.717) is 0 Å². The van der Waals surface area contributed by atoms with Crippen LogP contribution in [0.5, 0.6) is 11.5 Å². The highest BCUT2D eigenvalue weighted by Gasteiger charge is 2.25. The molecule has 1 aromatic heterocycles. The largest absolute Gasteiger partial charge is 0.453 e. The molecule has 0 atom stereocenters. The van der Waals surface area contributed by atoms with Crippen molar-refractivity contribution in [2.45, 2.75) is 0 Å². The maximum absolute atomic E-state index is 6.44. The van der Waals surface area contributed by atoms with Gasteiger partial charge in [0.1, 0.15) is 0 Å². The number of fused-ring (bicyclic) bond motifs is 7. The molecule has 248 valence electrons. The molecule has 10 aromatic rings. The zero-order chi connectivity index (χ0) is 34.9. The predicted molar refractivity (Wildman–Crippen MR) is 221 cm³/mol. The van der Waals surface area contributed by atoms with Crippen molar-refractivity contribution in [3.05, 3.63) is 194 Å². The molecular weight excluding hydrogens is 645 g/mol. The van der Waals surface area contributed by atoms with Crippen LogP contribution in [0, 0.1) is 0 Å². The Hall–Kier alpha value is -7.10. The molecule has 0 unspecified atom stereocenters. The number of benzene rings is 9. The van der Waals surface area contributed by atoms with Crippen LogP contribution in [0.25, 0.3) is 71.3 Å². The van der Waals surface area contributed by atoms with Gasteiger partial charge in [0, 0.05) is 33.1 Å². The summed E-state index contributed by atoms with van der Waals surface area (Å²) in [6, 6.07) is 69.8. The van der Waals surface area contributed by atoms with Crippen LogP contribution in [0.2, 0.25) is 0 Å². The fourth-order valence-corrected chi connectivity index (χ4v) is 8.30. The summed E-state index contributed by atoms with van der Waals surface area (Å²) in [6.07, 6.45) is 0. The van der Waals surface area contributed by atoms with Gasteiger partial charge in [-0.05, 0) is 87.4 Å². The van der Waals surface area contributed by atoms with E-state index in [1.807, 2.05) is 6.07 Å². The first kappa shape index (κ1) is 29.6. The quantitative estimate of drug-likeness (QED) is 0.181. The molecule has 1 aliphatic rings. The third-order valence-electron chi connectivity index (χ3n) is 10.7. The zero-order valence-corrected chi connectivity index (χ0v) is 28.8. The molecule has 3 heteroatoms. The lowest BCUT2D eigenvalue weighted by Gasteiger charge is -2.27. The predicted octanol–water partition coefficient (Wildman–Crippen LogP) is 14.0. The van der Waals surface area contributed by atoms with Crippen LogP contribution in [0.15, 0.2) is 194 Å². The van der Waals surface area contributed by atoms with Crippen molar-refractivity contribution >= 4 is 60.4 Å². The Bertz CT molecular complexity index is 3040. The lowest BCUT2D eigenvalue weighted by molar-refractivity contribution is 0.476. The molecule has 0 fully saturated rings. The number of anilines is 3. The summed E-state index contributed by atoms with van der Waals surface area (Å²) in [4.78, 5) is 2.40. The van der Waals surface area contributed by atoms with E-state index in [1.54, 1.807) is 0 Å². The van der Waals surface area contributed by atoms with Gasteiger partial charge < -0.3 is 14.2 Å². The number of ether oxygens (including phenoxy) is 1. The maximum atomic E-state index is 6.44. The van der Waals surface area contributed by atoms with Crippen LogP contribution < -0.4 is 9.64 Å². The van der Waals surface area contributed by atoms with Crippen LogP contribution in [-0.4, -0.2) is 4.57 Å². The monoisotopic (exact) mass is 676 g/mol. The van der Waals surface area contributed by atoms with Gasteiger partial charge in [-0.25, -0.2) is 0 Å². The Labute approximate surface area is 307 Å². The van der Waals surface area contributed by atoms with Crippen LogP contribution in [-0.2, 0) is 0 Å². The fraction of sp³-hybridized carbons (Fsp3) is 0. The van der Waals surface area contributed by atoms with Crippen molar-refractivity contribution in [3.8, 4) is 39.4 Å². The van der Waals surface area contributed by atoms with Crippen molar-refractivity contribution < 1.29 is 4.74 Å². The summed E-state index contributed by atoms with van der Waals surface area (Å²) >= 11 is 0. The van der Waals surface area contributed by atoms with Crippen LogP contribution in [0.1, 0.15) is 0 Å². The standard InChI is InChI=1S/C50H32N2O/c1-2-13-36-31-37(26-25-33(36)11-1)34-27-29-39(30-28-34)51(45-22-8-14-35-12-3-4-17-41(35)45)40-16-7-15-38(32-40)42-18-9-19-43-44-20-10-24-48-50(44)52(49(42)43)46-21-5-6-23-47(46)53-48/h1-32H. The minimum Gasteiger partial charge on any atom is -0.453 e. The van der Waals surface area contributed by atoms with Crippen LogP contribution in [0.3, 0.4) is 0 Å². The molecule has 0 saturated carbocycles. The van der Waals surface area contributed by atoms with Gasteiger partial charge in [0.25, 0.3) is 0 Å². The Morgan fingerprint density at radius 2 is 1.04 bits per heavy atom. The molecule has 2 heterocycles. The van der Waals surface area contributed by atoms with Gasteiger partial charge in [-0.2, -0.15) is 0 Å². The number of aromatic nitrogens is 1. The molecule has 0 aliphatic carbocycles. The summed E-state index contributed by atoms with van der Waals surface area (Å²) < 4.78 is 8.83. The minimum absolute atomic E-state index is 0.864. The Balaban J connectivity index is 1.10. The van der Waals surface area contributed by atoms with E-state index in [2.05, 4.69) is 198 Å². The maximum Gasteiger partial charge on any atom is 0.152 e. The topological polar surface area (TPSA) is 17.4 Å². The van der Waals surface area contributed by atoms with E-state index in [1.165, 1.54) is 54.5 Å². The first-order valence-electron chi connectivity index (χ1n) is 18.1. The highest BCUT2D eigenvalue weighted by molar-refractivity contribution is 6.16. The highest BCUT2D eigenvalue weighted by atomic mass is 16.5. The Kier molecular flexibility index (Phi) is 6.55. The minimum atomic E-state index is 0.864. The number of para-hydroxylation sites is 4. The molecule has 11 rings (SSSR count).